The van der Waals surface area contributed by atoms with E-state index in [4.69, 9.17) is 0 Å². The Hall–Kier alpha value is -4.29. The summed E-state index contributed by atoms with van der Waals surface area (Å²) in [6, 6.07) is 4.99. The standard InChI is InChI=1S/C26H27F3N8O2/c1-14(17-5-4-6-18(21(17)27)22(28)29)33-23-19-11-20(25-35-32-13-37(25)24(19)31-12-30-23)26(34-15(2)38)7-9-36(10-8-26)16(3)39/h4-6,11-14,22H,7-10H2,1-3H3,(H,34,38)(H,30,31,33). The minimum Gasteiger partial charge on any atom is -0.363 e. The molecule has 4 heterocycles. The summed E-state index contributed by atoms with van der Waals surface area (Å²) < 4.78 is 43.2. The number of benzene rings is 1. The maximum Gasteiger partial charge on any atom is 0.266 e. The third kappa shape index (κ3) is 4.72. The molecule has 2 amide bonds. The van der Waals surface area contributed by atoms with E-state index in [0.29, 0.717) is 54.0 Å². The highest BCUT2D eigenvalue weighted by Crippen LogP contribution is 2.38. The van der Waals surface area contributed by atoms with Crippen LogP contribution in [0.5, 0.6) is 0 Å². The Balaban J connectivity index is 1.62. The SMILES string of the molecule is CC(=O)NC1(c2cc3c(NC(C)c4cccc(C(F)F)c4F)ncnc3n3cnnc23)CCN(C(C)=O)CC1. The fourth-order valence-corrected chi connectivity index (χ4v) is 5.32. The molecule has 1 aliphatic heterocycles. The third-order valence-corrected chi connectivity index (χ3v) is 7.27. The van der Waals surface area contributed by atoms with Gasteiger partial charge in [0.15, 0.2) is 11.3 Å². The van der Waals surface area contributed by atoms with Crippen LogP contribution in [0.15, 0.2) is 36.9 Å². The largest absolute Gasteiger partial charge is 0.363 e. The first kappa shape index (κ1) is 26.3. The van der Waals surface area contributed by atoms with E-state index in [1.54, 1.807) is 16.2 Å². The zero-order valence-electron chi connectivity index (χ0n) is 21.6. The van der Waals surface area contributed by atoms with Gasteiger partial charge in [-0.1, -0.05) is 18.2 Å². The Morgan fingerprint density at radius 2 is 1.79 bits per heavy atom. The fourth-order valence-electron chi connectivity index (χ4n) is 5.32. The molecule has 1 aliphatic rings. The van der Waals surface area contributed by atoms with E-state index in [0.717, 1.165) is 6.07 Å². The van der Waals surface area contributed by atoms with Crippen molar-refractivity contribution >= 4 is 34.3 Å². The molecule has 1 fully saturated rings. The van der Waals surface area contributed by atoms with Gasteiger partial charge < -0.3 is 15.5 Å². The Morgan fingerprint density at radius 1 is 1.08 bits per heavy atom. The van der Waals surface area contributed by atoms with Gasteiger partial charge in [-0.2, -0.15) is 0 Å². The smallest absolute Gasteiger partial charge is 0.266 e. The van der Waals surface area contributed by atoms with Crippen LogP contribution in [0.25, 0.3) is 16.7 Å². The van der Waals surface area contributed by atoms with Gasteiger partial charge in [0, 0.05) is 38.1 Å². The molecule has 0 aliphatic carbocycles. The van der Waals surface area contributed by atoms with Crippen molar-refractivity contribution in [2.24, 2.45) is 0 Å². The number of hydrogen-bond donors (Lipinski definition) is 2. The van der Waals surface area contributed by atoms with E-state index in [1.807, 2.05) is 6.07 Å². The molecule has 0 radical (unpaired) electrons. The van der Waals surface area contributed by atoms with Crippen LogP contribution in [0.1, 0.15) is 62.8 Å². The second-order valence-corrected chi connectivity index (χ2v) is 9.73. The van der Waals surface area contributed by atoms with Gasteiger partial charge in [0.05, 0.1) is 22.5 Å². The van der Waals surface area contributed by atoms with Crippen LogP contribution in [-0.2, 0) is 15.1 Å². The van der Waals surface area contributed by atoms with E-state index in [9.17, 15) is 22.8 Å². The lowest BCUT2D eigenvalue weighted by Gasteiger charge is -2.42. The van der Waals surface area contributed by atoms with Crippen molar-refractivity contribution in [3.63, 3.8) is 0 Å². The molecule has 5 rings (SSSR count). The van der Waals surface area contributed by atoms with Gasteiger partial charge in [0.2, 0.25) is 11.8 Å². The summed E-state index contributed by atoms with van der Waals surface area (Å²) in [6.07, 6.45) is 0.773. The average Bonchev–Trinajstić information content (AvgIpc) is 3.38. The Labute approximate surface area is 221 Å². The average molecular weight is 541 g/mol. The minimum absolute atomic E-state index is 0.0467. The first-order valence-corrected chi connectivity index (χ1v) is 12.5. The number of nitrogens with one attached hydrogen (secondary N) is 2. The van der Waals surface area contributed by atoms with Gasteiger partial charge in [-0.05, 0) is 25.8 Å². The van der Waals surface area contributed by atoms with Gasteiger partial charge in [-0.15, -0.1) is 10.2 Å². The van der Waals surface area contributed by atoms with Gasteiger partial charge in [0.1, 0.15) is 24.3 Å². The van der Waals surface area contributed by atoms with E-state index in [-0.39, 0.29) is 17.4 Å². The van der Waals surface area contributed by atoms with Crippen molar-refractivity contribution in [3.8, 4) is 0 Å². The number of rotatable bonds is 6. The van der Waals surface area contributed by atoms with Gasteiger partial charge in [-0.25, -0.2) is 23.1 Å². The number of pyridine rings is 1. The predicted molar refractivity (Wildman–Crippen MR) is 136 cm³/mol. The van der Waals surface area contributed by atoms with Crippen LogP contribution >= 0.6 is 0 Å². The maximum absolute atomic E-state index is 14.9. The second-order valence-electron chi connectivity index (χ2n) is 9.73. The lowest BCUT2D eigenvalue weighted by molar-refractivity contribution is -0.131. The van der Waals surface area contributed by atoms with Gasteiger partial charge in [-0.3, -0.25) is 14.0 Å². The highest BCUT2D eigenvalue weighted by atomic mass is 19.3. The first-order chi connectivity index (χ1) is 18.6. The molecule has 3 aromatic heterocycles. The lowest BCUT2D eigenvalue weighted by Crippen LogP contribution is -2.53. The molecule has 4 aromatic rings. The number of fused-ring (bicyclic) bond motifs is 3. The lowest BCUT2D eigenvalue weighted by atomic mass is 9.80. The normalized spacial score (nSPS) is 16.0. The molecule has 1 aromatic carbocycles. The van der Waals surface area contributed by atoms with E-state index in [1.165, 1.54) is 38.6 Å². The second kappa shape index (κ2) is 10.1. The third-order valence-electron chi connectivity index (χ3n) is 7.27. The van der Waals surface area contributed by atoms with Crippen molar-refractivity contribution in [1.82, 2.24) is 34.8 Å². The number of likely N-dealkylation sites (tertiary alicyclic amines) is 1. The van der Waals surface area contributed by atoms with Crippen LogP contribution in [0.2, 0.25) is 0 Å². The summed E-state index contributed by atoms with van der Waals surface area (Å²) in [5.41, 5.74) is 0.164. The van der Waals surface area contributed by atoms with Gasteiger partial charge in [0.25, 0.3) is 6.43 Å². The van der Waals surface area contributed by atoms with Crippen LogP contribution in [0.3, 0.4) is 0 Å². The maximum atomic E-state index is 14.9. The van der Waals surface area contributed by atoms with Gasteiger partial charge >= 0.3 is 0 Å². The number of amides is 2. The number of nitrogens with zero attached hydrogens (tertiary/aromatic N) is 6. The number of piperidine rings is 1. The van der Waals surface area contributed by atoms with E-state index < -0.39 is 29.4 Å². The van der Waals surface area contributed by atoms with Crippen LogP contribution < -0.4 is 10.6 Å². The monoisotopic (exact) mass is 540 g/mol. The molecule has 1 unspecified atom stereocenters. The Kier molecular flexibility index (Phi) is 6.83. The molecule has 13 heteroatoms. The number of anilines is 1. The first-order valence-electron chi connectivity index (χ1n) is 12.5. The van der Waals surface area contributed by atoms with Crippen molar-refractivity contribution in [1.29, 1.82) is 0 Å². The molecule has 0 spiro atoms. The summed E-state index contributed by atoms with van der Waals surface area (Å²) in [5, 5.41) is 15.1. The molecule has 0 saturated carbocycles. The molecule has 1 atom stereocenters. The number of carbonyl (C=O) groups excluding carboxylic acids is 2. The summed E-state index contributed by atoms with van der Waals surface area (Å²) in [7, 11) is 0. The summed E-state index contributed by atoms with van der Waals surface area (Å²) in [5.74, 6) is -0.927. The summed E-state index contributed by atoms with van der Waals surface area (Å²) in [4.78, 5) is 34.8. The predicted octanol–water partition coefficient (Wildman–Crippen LogP) is 3.90. The quantitative estimate of drug-likeness (QED) is 0.381. The summed E-state index contributed by atoms with van der Waals surface area (Å²) in [6.45, 7) is 5.45. The van der Waals surface area contributed by atoms with E-state index >= 15 is 0 Å². The molecule has 1 saturated heterocycles. The molecule has 10 nitrogen and oxygen atoms in total. The molecule has 0 bridgehead atoms. The molecule has 204 valence electrons. The number of alkyl halides is 2. The highest BCUT2D eigenvalue weighted by Gasteiger charge is 2.40. The van der Waals surface area contributed by atoms with Crippen molar-refractivity contribution in [2.75, 3.05) is 18.4 Å². The fraction of sp³-hybridized carbons (Fsp3) is 0.385. The Morgan fingerprint density at radius 3 is 2.46 bits per heavy atom. The Bertz CT molecular complexity index is 1570. The molecular weight excluding hydrogens is 513 g/mol. The highest BCUT2D eigenvalue weighted by molar-refractivity contribution is 5.90. The summed E-state index contributed by atoms with van der Waals surface area (Å²) >= 11 is 0. The minimum atomic E-state index is -2.94. The zero-order chi connectivity index (χ0) is 27.9. The molecule has 2 N–H and O–H groups in total. The van der Waals surface area contributed by atoms with E-state index in [2.05, 4.69) is 30.8 Å². The van der Waals surface area contributed by atoms with Crippen molar-refractivity contribution in [2.45, 2.75) is 51.6 Å². The topological polar surface area (TPSA) is 117 Å². The van der Waals surface area contributed by atoms with Crippen LogP contribution in [0.4, 0.5) is 19.0 Å². The number of carbonyl (C=O) groups is 2. The number of hydrogen-bond acceptors (Lipinski definition) is 7. The van der Waals surface area contributed by atoms with Crippen LogP contribution in [-0.4, -0.2) is 54.4 Å². The number of halogens is 3. The number of aromatic nitrogens is 5. The zero-order valence-corrected chi connectivity index (χ0v) is 21.6. The van der Waals surface area contributed by atoms with Crippen LogP contribution in [0, 0.1) is 5.82 Å². The van der Waals surface area contributed by atoms with Crippen molar-refractivity contribution in [3.05, 3.63) is 59.4 Å². The van der Waals surface area contributed by atoms with Crippen molar-refractivity contribution < 1.29 is 22.8 Å². The molecular formula is C26H27F3N8O2. The molecule has 39 heavy (non-hydrogen) atoms.